The number of benzene rings is 2. The second-order valence-corrected chi connectivity index (χ2v) is 7.72. The molecule has 2 aromatic carbocycles. The number of aromatic nitrogens is 1. The third-order valence-electron chi connectivity index (χ3n) is 3.60. The average Bonchev–Trinajstić information content (AvgIpc) is 2.87. The Hall–Kier alpha value is -2.02. The third kappa shape index (κ3) is 4.15. The molecular weight excluding hydrogens is 374 g/mol. The van der Waals surface area contributed by atoms with Crippen LogP contribution in [0.1, 0.15) is 27.0 Å². The van der Waals surface area contributed by atoms with Gasteiger partial charge in [0.25, 0.3) is 5.91 Å². The number of rotatable bonds is 2. The first-order valence-electron chi connectivity index (χ1n) is 7.59. The number of amides is 1. The van der Waals surface area contributed by atoms with E-state index in [1.165, 1.54) is 11.3 Å². The zero-order valence-corrected chi connectivity index (χ0v) is 16.3. The summed E-state index contributed by atoms with van der Waals surface area (Å²) >= 11 is 12.8. The van der Waals surface area contributed by atoms with Gasteiger partial charge in [0.1, 0.15) is 0 Å². The molecule has 0 aliphatic rings. The number of thiazole rings is 1. The van der Waals surface area contributed by atoms with E-state index in [9.17, 15) is 4.79 Å². The lowest BCUT2D eigenvalue weighted by Gasteiger charge is -2.08. The number of fused-ring (bicyclic) bond motifs is 1. The molecule has 1 amide bonds. The van der Waals surface area contributed by atoms with Crippen molar-refractivity contribution in [1.29, 1.82) is 0 Å². The van der Waals surface area contributed by atoms with Crippen molar-refractivity contribution in [3.8, 4) is 0 Å². The van der Waals surface area contributed by atoms with Crippen molar-refractivity contribution in [2.75, 3.05) is 5.32 Å². The molecule has 3 rings (SSSR count). The van der Waals surface area contributed by atoms with Gasteiger partial charge >= 0.3 is 0 Å². The largest absolute Gasteiger partial charge is 0.308 e. The van der Waals surface area contributed by atoms with Crippen molar-refractivity contribution in [3.63, 3.8) is 0 Å². The number of carbonyl (C=O) groups is 1. The number of carbonyl (C=O) groups excluding carboxylic acids is 1. The number of halogens is 1. The fourth-order valence-electron chi connectivity index (χ4n) is 2.51. The van der Waals surface area contributed by atoms with Gasteiger partial charge in [-0.1, -0.05) is 40.1 Å². The van der Waals surface area contributed by atoms with Gasteiger partial charge in [0, 0.05) is 10.6 Å². The second kappa shape index (κ2) is 7.07. The lowest BCUT2D eigenvalue weighted by Crippen LogP contribution is -2.34. The number of nitrogens with one attached hydrogen (secondary N) is 2. The summed E-state index contributed by atoms with van der Waals surface area (Å²) in [5.41, 5.74) is 4.43. The zero-order valence-electron chi connectivity index (χ0n) is 13.9. The summed E-state index contributed by atoms with van der Waals surface area (Å²) in [5, 5.41) is 7.16. The van der Waals surface area contributed by atoms with Gasteiger partial charge < -0.3 is 5.32 Å². The summed E-state index contributed by atoms with van der Waals surface area (Å²) in [4.78, 5) is 16.8. The fourth-order valence-corrected chi connectivity index (χ4v) is 3.88. The summed E-state index contributed by atoms with van der Waals surface area (Å²) in [5.74, 6) is -0.246. The summed E-state index contributed by atoms with van der Waals surface area (Å²) in [7, 11) is 0. The molecule has 0 fully saturated rings. The molecule has 128 valence electrons. The average molecular weight is 390 g/mol. The first kappa shape index (κ1) is 17.8. The Morgan fingerprint density at radius 2 is 1.80 bits per heavy atom. The molecule has 3 aromatic rings. The lowest BCUT2D eigenvalue weighted by molar-refractivity contribution is 0.0977. The van der Waals surface area contributed by atoms with E-state index in [1.807, 2.05) is 51.1 Å². The van der Waals surface area contributed by atoms with E-state index in [4.69, 9.17) is 23.8 Å². The van der Waals surface area contributed by atoms with Gasteiger partial charge in [0.05, 0.1) is 10.2 Å². The summed E-state index contributed by atoms with van der Waals surface area (Å²) < 4.78 is 1.01. The second-order valence-electron chi connectivity index (χ2n) is 5.87. The summed E-state index contributed by atoms with van der Waals surface area (Å²) in [6.07, 6.45) is 0. The maximum atomic E-state index is 12.3. The highest BCUT2D eigenvalue weighted by molar-refractivity contribution is 7.80. The predicted octanol–water partition coefficient (Wildman–Crippen LogP) is 5.00. The normalized spacial score (nSPS) is 10.7. The van der Waals surface area contributed by atoms with Crippen molar-refractivity contribution >= 4 is 61.5 Å². The van der Waals surface area contributed by atoms with E-state index in [-0.39, 0.29) is 11.0 Å². The van der Waals surface area contributed by atoms with Gasteiger partial charge in [-0.05, 0) is 62.8 Å². The first-order valence-corrected chi connectivity index (χ1v) is 9.19. The van der Waals surface area contributed by atoms with E-state index >= 15 is 0 Å². The van der Waals surface area contributed by atoms with Gasteiger partial charge in [-0.3, -0.25) is 10.1 Å². The maximum Gasteiger partial charge on any atom is 0.257 e. The number of anilines is 1. The lowest BCUT2D eigenvalue weighted by atomic mass is 10.1. The molecule has 0 spiro atoms. The topological polar surface area (TPSA) is 54.0 Å². The number of aryl methyl sites for hydroxylation is 3. The van der Waals surface area contributed by atoms with Gasteiger partial charge in [-0.15, -0.1) is 0 Å². The van der Waals surface area contributed by atoms with E-state index in [0.717, 1.165) is 26.9 Å². The van der Waals surface area contributed by atoms with Crippen LogP contribution < -0.4 is 10.6 Å². The molecule has 1 heterocycles. The van der Waals surface area contributed by atoms with Crippen LogP contribution in [0, 0.1) is 20.8 Å². The van der Waals surface area contributed by atoms with Crippen LogP contribution in [0.2, 0.25) is 5.02 Å². The van der Waals surface area contributed by atoms with E-state index < -0.39 is 0 Å². The molecule has 0 saturated carbocycles. The van der Waals surface area contributed by atoms with Crippen LogP contribution in [-0.4, -0.2) is 16.0 Å². The molecular formula is C18H16ClN3OS2. The SMILES string of the molecule is Cc1cc(C)cc(C(=O)NC(=S)Nc2nc3cc(Cl)c(C)cc3s2)c1. The van der Waals surface area contributed by atoms with Crippen LogP contribution in [0.5, 0.6) is 0 Å². The molecule has 0 atom stereocenters. The monoisotopic (exact) mass is 389 g/mol. The van der Waals surface area contributed by atoms with Gasteiger partial charge in [-0.2, -0.15) is 0 Å². The molecule has 0 bridgehead atoms. The Kier molecular flexibility index (Phi) is 5.03. The highest BCUT2D eigenvalue weighted by Gasteiger charge is 2.11. The van der Waals surface area contributed by atoms with Crippen LogP contribution >= 0.6 is 35.2 Å². The molecule has 0 aliphatic heterocycles. The molecule has 2 N–H and O–H groups in total. The minimum atomic E-state index is -0.246. The number of hydrogen-bond donors (Lipinski definition) is 2. The number of thiocarbonyl (C=S) groups is 1. The van der Waals surface area contributed by atoms with Crippen molar-refractivity contribution in [2.45, 2.75) is 20.8 Å². The molecule has 4 nitrogen and oxygen atoms in total. The van der Waals surface area contributed by atoms with Gasteiger partial charge in [0.15, 0.2) is 10.2 Å². The van der Waals surface area contributed by atoms with Crippen LogP contribution in [0.3, 0.4) is 0 Å². The third-order valence-corrected chi connectivity index (χ3v) is 5.15. The quantitative estimate of drug-likeness (QED) is 0.605. The standard InChI is InChI=1S/C18H16ClN3OS2/c1-9-4-10(2)6-12(5-9)16(23)21-17(24)22-18-20-14-8-13(19)11(3)7-15(14)25-18/h4-8H,1-3H3,(H2,20,21,22,23,24). The fraction of sp³-hybridized carbons (Fsp3) is 0.167. The molecule has 1 aromatic heterocycles. The molecule has 0 radical (unpaired) electrons. The minimum absolute atomic E-state index is 0.214. The highest BCUT2D eigenvalue weighted by atomic mass is 35.5. The molecule has 0 unspecified atom stereocenters. The summed E-state index contributed by atoms with van der Waals surface area (Å²) in [6.45, 7) is 5.85. The Labute approximate surface area is 160 Å². The number of hydrogen-bond acceptors (Lipinski definition) is 4. The first-order chi connectivity index (χ1) is 11.8. The van der Waals surface area contributed by atoms with E-state index in [1.54, 1.807) is 0 Å². The van der Waals surface area contributed by atoms with Gasteiger partial charge in [0.2, 0.25) is 0 Å². The Bertz CT molecular complexity index is 938. The predicted molar refractivity (Wildman–Crippen MR) is 109 cm³/mol. The van der Waals surface area contributed by atoms with Crippen LogP contribution in [0.15, 0.2) is 30.3 Å². The van der Waals surface area contributed by atoms with Gasteiger partial charge in [-0.25, -0.2) is 4.98 Å². The molecule has 0 aliphatic carbocycles. The Morgan fingerprint density at radius 1 is 1.12 bits per heavy atom. The minimum Gasteiger partial charge on any atom is -0.308 e. The van der Waals surface area contributed by atoms with E-state index in [2.05, 4.69) is 15.6 Å². The number of nitrogens with zero attached hydrogens (tertiary/aromatic N) is 1. The van der Waals surface area contributed by atoms with E-state index in [0.29, 0.717) is 15.7 Å². The molecule has 0 saturated heterocycles. The summed E-state index contributed by atoms with van der Waals surface area (Å²) in [6, 6.07) is 9.48. The van der Waals surface area contributed by atoms with Crippen LogP contribution in [0.25, 0.3) is 10.2 Å². The smallest absolute Gasteiger partial charge is 0.257 e. The van der Waals surface area contributed by atoms with Crippen molar-refractivity contribution in [3.05, 3.63) is 57.6 Å². The van der Waals surface area contributed by atoms with Crippen molar-refractivity contribution in [2.24, 2.45) is 0 Å². The van der Waals surface area contributed by atoms with Crippen molar-refractivity contribution in [1.82, 2.24) is 10.3 Å². The maximum absolute atomic E-state index is 12.3. The van der Waals surface area contributed by atoms with Crippen LogP contribution in [-0.2, 0) is 0 Å². The molecule has 25 heavy (non-hydrogen) atoms. The van der Waals surface area contributed by atoms with Crippen molar-refractivity contribution < 1.29 is 4.79 Å². The highest BCUT2D eigenvalue weighted by Crippen LogP contribution is 2.30. The van der Waals surface area contributed by atoms with Crippen LogP contribution in [0.4, 0.5) is 5.13 Å². The zero-order chi connectivity index (χ0) is 18.1. The Balaban J connectivity index is 1.73. The molecule has 7 heteroatoms. The Morgan fingerprint density at radius 3 is 2.48 bits per heavy atom.